The van der Waals surface area contributed by atoms with Crippen molar-refractivity contribution in [3.8, 4) is 11.5 Å². The first kappa shape index (κ1) is 15.6. The molecule has 134 valence electrons. The Kier molecular flexibility index (Phi) is 3.10. The summed E-state index contributed by atoms with van der Waals surface area (Å²) in [4.78, 5) is 15.0. The van der Waals surface area contributed by atoms with Crippen molar-refractivity contribution in [3.05, 3.63) is 23.3 Å². The molecular formula is C19H23NO5. The van der Waals surface area contributed by atoms with Crippen molar-refractivity contribution >= 4 is 5.78 Å². The molecule has 1 saturated carbocycles. The number of nitrogens with zero attached hydrogens (tertiary/aromatic N) is 1. The molecule has 5 rings (SSSR count). The van der Waals surface area contributed by atoms with Gasteiger partial charge in [0.1, 0.15) is 0 Å². The molecule has 2 heterocycles. The van der Waals surface area contributed by atoms with E-state index in [4.69, 9.17) is 9.47 Å². The molecule has 6 heteroatoms. The van der Waals surface area contributed by atoms with Crippen LogP contribution in [0.1, 0.15) is 30.4 Å². The van der Waals surface area contributed by atoms with Gasteiger partial charge in [0.05, 0.1) is 17.6 Å². The SMILES string of the molecule is COCCN1CC[C@]23c4c5ccc(O)c4O[C@H]2C(=O)CCC3(O)[C@H]1C5. The number of carbonyl (C=O) groups is 1. The molecule has 2 aliphatic carbocycles. The molecule has 1 aromatic rings. The molecule has 2 N–H and O–H groups in total. The van der Waals surface area contributed by atoms with Crippen molar-refractivity contribution in [3.63, 3.8) is 0 Å². The molecule has 2 bridgehead atoms. The van der Waals surface area contributed by atoms with E-state index in [1.165, 1.54) is 0 Å². The zero-order valence-electron chi connectivity index (χ0n) is 14.3. The number of benzene rings is 1. The highest BCUT2D eigenvalue weighted by atomic mass is 16.5. The molecule has 2 aliphatic heterocycles. The van der Waals surface area contributed by atoms with Gasteiger partial charge in [-0.3, -0.25) is 9.69 Å². The van der Waals surface area contributed by atoms with E-state index in [9.17, 15) is 15.0 Å². The van der Waals surface area contributed by atoms with Crippen LogP contribution in [0.5, 0.6) is 11.5 Å². The van der Waals surface area contributed by atoms with Gasteiger partial charge in [0.15, 0.2) is 23.4 Å². The first-order valence-corrected chi connectivity index (χ1v) is 9.03. The van der Waals surface area contributed by atoms with Gasteiger partial charge in [0, 0.05) is 31.7 Å². The van der Waals surface area contributed by atoms with E-state index in [-0.39, 0.29) is 17.6 Å². The average Bonchev–Trinajstić information content (AvgIpc) is 2.95. The first-order valence-electron chi connectivity index (χ1n) is 9.03. The van der Waals surface area contributed by atoms with Crippen molar-refractivity contribution in [1.82, 2.24) is 4.90 Å². The standard InChI is InChI=1S/C19H23NO5/c1-24-9-8-20-7-6-18-15-11-2-3-12(21)16(15)25-17(18)13(22)4-5-19(18,23)14(20)10-11/h2-3,14,17,21,23H,4-10H2,1H3/t14-,17+,18+,19?/m1/s1. The van der Waals surface area contributed by atoms with Crippen LogP contribution in [0, 0.1) is 0 Å². The van der Waals surface area contributed by atoms with Crippen molar-refractivity contribution in [2.24, 2.45) is 0 Å². The minimum atomic E-state index is -1.01. The molecule has 6 nitrogen and oxygen atoms in total. The number of rotatable bonds is 3. The first-order chi connectivity index (χ1) is 12.0. The number of piperidine rings is 1. The molecule has 0 aromatic heterocycles. The summed E-state index contributed by atoms with van der Waals surface area (Å²) in [6.45, 7) is 2.17. The van der Waals surface area contributed by atoms with Gasteiger partial charge in [-0.05, 0) is 37.4 Å². The molecule has 1 aromatic carbocycles. The molecular weight excluding hydrogens is 322 g/mol. The predicted molar refractivity (Wildman–Crippen MR) is 88.9 cm³/mol. The number of phenols is 1. The minimum Gasteiger partial charge on any atom is -0.504 e. The van der Waals surface area contributed by atoms with Crippen molar-refractivity contribution in [2.75, 3.05) is 26.8 Å². The lowest BCUT2D eigenvalue weighted by Gasteiger charge is -2.62. The number of hydrogen-bond acceptors (Lipinski definition) is 6. The lowest BCUT2D eigenvalue weighted by Crippen LogP contribution is -2.76. The van der Waals surface area contributed by atoms with Gasteiger partial charge in [-0.15, -0.1) is 0 Å². The highest BCUT2D eigenvalue weighted by Gasteiger charge is 2.73. The second-order valence-corrected chi connectivity index (χ2v) is 7.81. The topological polar surface area (TPSA) is 79.2 Å². The number of aromatic hydroxyl groups is 1. The lowest BCUT2D eigenvalue weighted by molar-refractivity contribution is -0.189. The fraction of sp³-hybridized carbons (Fsp3) is 0.632. The minimum absolute atomic E-state index is 0.0391. The highest BCUT2D eigenvalue weighted by Crippen LogP contribution is 2.64. The van der Waals surface area contributed by atoms with Crippen LogP contribution in [0.25, 0.3) is 0 Å². The molecule has 2 fully saturated rings. The number of carbonyl (C=O) groups excluding carboxylic acids is 1. The van der Waals surface area contributed by atoms with E-state index in [2.05, 4.69) is 4.90 Å². The number of ketones is 1. The maximum atomic E-state index is 12.7. The summed E-state index contributed by atoms with van der Waals surface area (Å²) in [5, 5.41) is 22.2. The number of hydrogen-bond donors (Lipinski definition) is 2. The Morgan fingerprint density at radius 1 is 1.40 bits per heavy atom. The van der Waals surface area contributed by atoms with E-state index in [1.807, 2.05) is 6.07 Å². The number of ether oxygens (including phenoxy) is 2. The Morgan fingerprint density at radius 2 is 2.24 bits per heavy atom. The molecule has 1 spiro atoms. The summed E-state index contributed by atoms with van der Waals surface area (Å²) in [6, 6.07) is 3.51. The normalized spacial score (nSPS) is 38.4. The molecule has 4 aliphatic rings. The van der Waals surface area contributed by atoms with Crippen molar-refractivity contribution < 1.29 is 24.5 Å². The third-order valence-electron chi connectivity index (χ3n) is 6.95. The van der Waals surface area contributed by atoms with Crippen LogP contribution in [0.3, 0.4) is 0 Å². The van der Waals surface area contributed by atoms with Gasteiger partial charge < -0.3 is 19.7 Å². The van der Waals surface area contributed by atoms with Gasteiger partial charge in [0.2, 0.25) is 0 Å². The quantitative estimate of drug-likeness (QED) is 0.842. The third kappa shape index (κ3) is 1.68. The number of methoxy groups -OCH3 is 1. The molecule has 1 saturated heterocycles. The fourth-order valence-corrected chi connectivity index (χ4v) is 5.89. The van der Waals surface area contributed by atoms with E-state index < -0.39 is 17.1 Å². The van der Waals surface area contributed by atoms with Crippen LogP contribution in [0.15, 0.2) is 12.1 Å². The van der Waals surface area contributed by atoms with Gasteiger partial charge in [-0.25, -0.2) is 0 Å². The molecule has 0 radical (unpaired) electrons. The Morgan fingerprint density at radius 3 is 3.04 bits per heavy atom. The Balaban J connectivity index is 1.72. The van der Waals surface area contributed by atoms with Crippen LogP contribution in [0.4, 0.5) is 0 Å². The number of likely N-dealkylation sites (tertiary alicyclic amines) is 1. The van der Waals surface area contributed by atoms with Gasteiger partial charge in [-0.1, -0.05) is 6.07 Å². The predicted octanol–water partition coefficient (Wildman–Crippen LogP) is 0.762. The molecule has 1 unspecified atom stereocenters. The Bertz CT molecular complexity index is 764. The summed E-state index contributed by atoms with van der Waals surface area (Å²) in [5.41, 5.74) is 0.236. The second-order valence-electron chi connectivity index (χ2n) is 7.81. The van der Waals surface area contributed by atoms with Crippen LogP contribution in [0.2, 0.25) is 0 Å². The van der Waals surface area contributed by atoms with Gasteiger partial charge in [0.25, 0.3) is 0 Å². The maximum Gasteiger partial charge on any atom is 0.174 e. The summed E-state index contributed by atoms with van der Waals surface area (Å²) < 4.78 is 11.2. The van der Waals surface area contributed by atoms with Crippen LogP contribution in [-0.2, 0) is 21.4 Å². The average molecular weight is 345 g/mol. The zero-order chi connectivity index (χ0) is 17.4. The second kappa shape index (κ2) is 4.96. The number of phenolic OH excluding ortho intramolecular Hbond substituents is 1. The van der Waals surface area contributed by atoms with Crippen LogP contribution >= 0.6 is 0 Å². The van der Waals surface area contributed by atoms with Crippen LogP contribution < -0.4 is 4.74 Å². The van der Waals surface area contributed by atoms with E-state index in [0.717, 1.165) is 24.2 Å². The smallest absolute Gasteiger partial charge is 0.174 e. The van der Waals surface area contributed by atoms with Gasteiger partial charge >= 0.3 is 0 Å². The zero-order valence-corrected chi connectivity index (χ0v) is 14.3. The molecule has 0 amide bonds. The molecule has 4 atom stereocenters. The monoisotopic (exact) mass is 345 g/mol. The lowest BCUT2D eigenvalue weighted by atomic mass is 9.49. The van der Waals surface area contributed by atoms with E-state index in [1.54, 1.807) is 13.2 Å². The van der Waals surface area contributed by atoms with Crippen molar-refractivity contribution in [2.45, 2.75) is 48.8 Å². The van der Waals surface area contributed by atoms with Crippen LogP contribution in [-0.4, -0.2) is 65.4 Å². The van der Waals surface area contributed by atoms with Crippen molar-refractivity contribution in [1.29, 1.82) is 0 Å². The highest BCUT2D eigenvalue weighted by molar-refractivity contribution is 5.90. The Labute approximate surface area is 146 Å². The van der Waals surface area contributed by atoms with E-state index >= 15 is 0 Å². The van der Waals surface area contributed by atoms with Gasteiger partial charge in [-0.2, -0.15) is 0 Å². The summed E-state index contributed by atoms with van der Waals surface area (Å²) >= 11 is 0. The summed E-state index contributed by atoms with van der Waals surface area (Å²) in [6.07, 6.45) is 1.45. The Hall–Kier alpha value is -1.63. The summed E-state index contributed by atoms with van der Waals surface area (Å²) in [5.74, 6) is 0.523. The maximum absolute atomic E-state index is 12.7. The number of aliphatic hydroxyl groups is 1. The van der Waals surface area contributed by atoms with E-state index in [0.29, 0.717) is 38.0 Å². The fourth-order valence-electron chi connectivity index (χ4n) is 5.89. The third-order valence-corrected chi connectivity index (χ3v) is 6.95. The largest absolute Gasteiger partial charge is 0.504 e. The summed E-state index contributed by atoms with van der Waals surface area (Å²) in [7, 11) is 1.69. The molecule has 25 heavy (non-hydrogen) atoms. The number of Topliss-reactive ketones (excluding diaryl/α,β-unsaturated/α-hetero) is 1.